The van der Waals surface area contributed by atoms with E-state index in [2.05, 4.69) is 62.9 Å². The first-order valence-electron chi connectivity index (χ1n) is 11.4. The quantitative estimate of drug-likeness (QED) is 0.199. The van der Waals surface area contributed by atoms with Gasteiger partial charge in [0.2, 0.25) is 0 Å². The Morgan fingerprint density at radius 2 is 0.946 bits per heavy atom. The van der Waals surface area contributed by atoms with Crippen LogP contribution in [-0.4, -0.2) is 5.49 Å². The number of aryl methyl sites for hydroxylation is 2. The van der Waals surface area contributed by atoms with E-state index in [4.69, 9.17) is 0 Å². The summed E-state index contributed by atoms with van der Waals surface area (Å²) in [6, 6.07) is 36.2. The van der Waals surface area contributed by atoms with Crippen LogP contribution in [0, 0.1) is 25.5 Å². The minimum Gasteiger partial charge on any atom is -1.00 e. The molecule has 5 aromatic rings. The van der Waals surface area contributed by atoms with Gasteiger partial charge in [0.25, 0.3) is 0 Å². The molecule has 0 bridgehead atoms. The maximum Gasteiger partial charge on any atom is 0.108 e. The first-order valence-corrected chi connectivity index (χ1v) is 18.8. The Morgan fingerprint density at radius 1 is 0.568 bits per heavy atom. The van der Waals surface area contributed by atoms with Gasteiger partial charge in [-0.1, -0.05) is 49.2 Å². The molecule has 5 rings (SSSR count). The summed E-state index contributed by atoms with van der Waals surface area (Å²) in [6.07, 6.45) is 0. The molecule has 0 aliphatic heterocycles. The molecule has 0 aromatic heterocycles. The van der Waals surface area contributed by atoms with Crippen LogP contribution in [0.2, 0.25) is 6.55 Å². The monoisotopic (exact) mass is 716 g/mol. The van der Waals surface area contributed by atoms with Crippen molar-refractivity contribution in [3.05, 3.63) is 138 Å². The molecular weight excluding hydrogens is 688 g/mol. The van der Waals surface area contributed by atoms with Crippen molar-refractivity contribution in [2.24, 2.45) is 0 Å². The third kappa shape index (κ3) is 10.3. The fraction of sp³-hybridized carbons (Fsp3) is 0.0968. The summed E-state index contributed by atoms with van der Waals surface area (Å²) in [5, 5.41) is 1.58. The number of rotatable bonds is 3. The second-order valence-electron chi connectivity index (χ2n) is 8.25. The standard InChI is InChI=1S/2C12H10F.C7H8Si.2ClH.Hf/c2*1-9-3-2-4-12(9)10-5-7-11(13)8-6-10;1-8-7-5-3-2-4-6-7;;;/h2*2-8H,1H3;2-6H,1H3;2*1H;/q2*-1;;;;+2/p-2. The molecule has 0 nitrogen and oxygen atoms in total. The van der Waals surface area contributed by atoms with Crippen LogP contribution in [0.1, 0.15) is 11.1 Å². The average Bonchev–Trinajstić information content (AvgIpc) is 3.49. The minimum atomic E-state index is -0.187. The van der Waals surface area contributed by atoms with Gasteiger partial charge in [-0.3, -0.25) is 0 Å². The summed E-state index contributed by atoms with van der Waals surface area (Å²) in [6.45, 7) is 6.48. The fourth-order valence-corrected chi connectivity index (χ4v) is 6.10. The molecule has 5 aromatic carbocycles. The zero-order valence-corrected chi connectivity index (χ0v) is 27.1. The van der Waals surface area contributed by atoms with Crippen LogP contribution in [-0.2, 0) is 23.0 Å². The molecule has 0 N–H and O–H groups in total. The number of hydrogen-bond donors (Lipinski definition) is 0. The summed E-state index contributed by atoms with van der Waals surface area (Å²) in [4.78, 5) is 0. The normalized spacial score (nSPS) is 9.49. The van der Waals surface area contributed by atoms with Crippen LogP contribution < -0.4 is 30.0 Å². The van der Waals surface area contributed by atoms with Gasteiger partial charge >= 0.3 is 70.6 Å². The van der Waals surface area contributed by atoms with Gasteiger partial charge < -0.3 is 24.8 Å². The molecule has 0 atom stereocenters. The van der Waals surface area contributed by atoms with Crippen molar-refractivity contribution in [3.8, 4) is 22.3 Å². The first kappa shape index (κ1) is 32.9. The smallest absolute Gasteiger partial charge is 0.108 e. The SMILES string of the molecule is C[Si](=[Hf+2])c1ccccc1.Cc1ccc[c-]1-c1ccc(F)cc1.Cc1ccc[c-]1-c1ccc(F)cc1.[Cl-].[Cl-]. The summed E-state index contributed by atoms with van der Waals surface area (Å²) in [5.41, 5.74) is 6.89. The Hall–Kier alpha value is -2.11. The van der Waals surface area contributed by atoms with Gasteiger partial charge in [0.1, 0.15) is 11.6 Å². The summed E-state index contributed by atoms with van der Waals surface area (Å²) >= 11 is 1.36. The molecule has 0 saturated heterocycles. The third-order valence-electron chi connectivity index (χ3n) is 5.59. The third-order valence-corrected chi connectivity index (χ3v) is 9.90. The molecule has 37 heavy (non-hydrogen) atoms. The van der Waals surface area contributed by atoms with Crippen LogP contribution >= 0.6 is 0 Å². The van der Waals surface area contributed by atoms with E-state index in [-0.39, 0.29) is 41.9 Å². The first-order chi connectivity index (χ1) is 16.8. The van der Waals surface area contributed by atoms with E-state index >= 15 is 0 Å². The van der Waals surface area contributed by atoms with Crippen molar-refractivity contribution < 1.29 is 56.6 Å². The van der Waals surface area contributed by atoms with Crippen LogP contribution in [0.25, 0.3) is 22.3 Å². The molecule has 0 aliphatic carbocycles. The number of hydrogen-bond acceptors (Lipinski definition) is 0. The zero-order chi connectivity index (χ0) is 25.2. The second-order valence-corrected chi connectivity index (χ2v) is 18.2. The predicted molar refractivity (Wildman–Crippen MR) is 142 cm³/mol. The molecule has 0 unspecified atom stereocenters. The molecular formula is C31H28Cl2F2HfSi-2. The summed E-state index contributed by atoms with van der Waals surface area (Å²) in [5.74, 6) is -0.374. The predicted octanol–water partition coefficient (Wildman–Crippen LogP) is 2.11. The number of benzene rings is 3. The molecule has 0 spiro atoms. The van der Waals surface area contributed by atoms with Crippen molar-refractivity contribution in [2.45, 2.75) is 20.4 Å². The molecule has 6 heteroatoms. The molecule has 0 amide bonds. The summed E-state index contributed by atoms with van der Waals surface area (Å²) in [7, 11) is 0. The van der Waals surface area contributed by atoms with E-state index in [1.165, 1.54) is 69.5 Å². The van der Waals surface area contributed by atoms with Gasteiger partial charge in [-0.2, -0.15) is 12.1 Å². The molecule has 0 radical (unpaired) electrons. The van der Waals surface area contributed by atoms with Gasteiger partial charge in [0.15, 0.2) is 0 Å². The maximum absolute atomic E-state index is 12.6. The maximum atomic E-state index is 12.6. The van der Waals surface area contributed by atoms with Crippen molar-refractivity contribution in [1.29, 1.82) is 0 Å². The Kier molecular flexibility index (Phi) is 14.8. The van der Waals surface area contributed by atoms with Crippen LogP contribution in [0.3, 0.4) is 0 Å². The molecule has 0 aliphatic rings. The van der Waals surface area contributed by atoms with Gasteiger partial charge in [-0.15, -0.1) is 70.8 Å². The fourth-order valence-electron chi connectivity index (χ4n) is 3.61. The van der Waals surface area contributed by atoms with Gasteiger partial charge in [-0.25, -0.2) is 8.78 Å². The van der Waals surface area contributed by atoms with E-state index < -0.39 is 0 Å². The largest absolute Gasteiger partial charge is 1.00 e. The Bertz CT molecular complexity index is 1260. The van der Waals surface area contributed by atoms with Crippen molar-refractivity contribution in [1.82, 2.24) is 0 Å². The van der Waals surface area contributed by atoms with Gasteiger partial charge in [-0.05, 0) is 0 Å². The van der Waals surface area contributed by atoms with E-state index in [0.29, 0.717) is 0 Å². The van der Waals surface area contributed by atoms with E-state index in [1.807, 2.05) is 24.3 Å². The molecule has 0 saturated carbocycles. The van der Waals surface area contributed by atoms with Crippen LogP contribution in [0.5, 0.6) is 0 Å². The van der Waals surface area contributed by atoms with Gasteiger partial charge in [0, 0.05) is 0 Å². The van der Waals surface area contributed by atoms with E-state index in [0.717, 1.165) is 11.1 Å². The second kappa shape index (κ2) is 16.7. The Morgan fingerprint density at radius 3 is 1.22 bits per heavy atom. The average molecular weight is 716 g/mol. The summed E-state index contributed by atoms with van der Waals surface area (Å²) < 4.78 is 25.3. The van der Waals surface area contributed by atoms with Crippen molar-refractivity contribution in [2.75, 3.05) is 0 Å². The van der Waals surface area contributed by atoms with Crippen molar-refractivity contribution >= 4 is 10.7 Å². The van der Waals surface area contributed by atoms with E-state index in [1.54, 1.807) is 29.5 Å². The minimum absolute atomic E-state index is 0. The Labute approximate surface area is 246 Å². The van der Waals surface area contributed by atoms with Crippen LogP contribution in [0.15, 0.2) is 115 Å². The molecule has 0 heterocycles. The number of halogens is 4. The topological polar surface area (TPSA) is 0 Å². The van der Waals surface area contributed by atoms with E-state index in [9.17, 15) is 8.78 Å². The van der Waals surface area contributed by atoms with Gasteiger partial charge in [0.05, 0.1) is 0 Å². The van der Waals surface area contributed by atoms with Crippen molar-refractivity contribution in [3.63, 3.8) is 0 Å². The molecule has 190 valence electrons. The Balaban J connectivity index is 0.000000275. The van der Waals surface area contributed by atoms with Crippen LogP contribution in [0.4, 0.5) is 8.78 Å². The zero-order valence-electron chi connectivity index (χ0n) is 21.0. The molecule has 0 fully saturated rings.